The zero-order valence-corrected chi connectivity index (χ0v) is 15.4. The number of allylic oxidation sites excluding steroid dienone is 1. The normalized spacial score (nSPS) is 15.8. The van der Waals surface area contributed by atoms with Gasteiger partial charge in [0, 0.05) is 18.3 Å². The topological polar surface area (TPSA) is 78.8 Å². The van der Waals surface area contributed by atoms with Crippen molar-refractivity contribution in [1.29, 1.82) is 0 Å². The third-order valence-corrected chi connectivity index (χ3v) is 5.31. The van der Waals surface area contributed by atoms with Gasteiger partial charge in [0.25, 0.3) is 5.91 Å². The second-order valence-corrected chi connectivity index (χ2v) is 7.58. The Morgan fingerprint density at radius 3 is 2.59 bits per heavy atom. The molecule has 6 nitrogen and oxygen atoms in total. The van der Waals surface area contributed by atoms with E-state index in [1.807, 2.05) is 0 Å². The number of hydrogen-bond acceptors (Lipinski definition) is 3. The first-order valence-corrected chi connectivity index (χ1v) is 9.28. The summed E-state index contributed by atoms with van der Waals surface area (Å²) in [6.45, 7) is 0. The van der Waals surface area contributed by atoms with Crippen LogP contribution in [0.3, 0.4) is 0 Å². The molecule has 0 saturated carbocycles. The average molecular weight is 412 g/mol. The van der Waals surface area contributed by atoms with Crippen LogP contribution in [0, 0.1) is 11.6 Å². The summed E-state index contributed by atoms with van der Waals surface area (Å²) in [6, 6.07) is 8.69. The molecule has 1 aliphatic heterocycles. The van der Waals surface area contributed by atoms with E-state index in [1.165, 1.54) is 36.4 Å². The molecule has 1 aliphatic rings. The zero-order valence-electron chi connectivity index (χ0n) is 13.8. The average Bonchev–Trinajstić information content (AvgIpc) is 2.60. The van der Waals surface area contributed by atoms with Gasteiger partial charge in [-0.3, -0.25) is 4.79 Å². The second kappa shape index (κ2) is 7.09. The first-order chi connectivity index (χ1) is 12.7. The fourth-order valence-electron chi connectivity index (χ4n) is 2.32. The van der Waals surface area contributed by atoms with E-state index in [2.05, 4.69) is 9.71 Å². The maximum atomic E-state index is 13.4. The lowest BCUT2D eigenvalue weighted by Gasteiger charge is -2.23. The minimum absolute atomic E-state index is 0.0881. The fourth-order valence-corrected chi connectivity index (χ4v) is 3.41. The van der Waals surface area contributed by atoms with Crippen LogP contribution in [0.5, 0.6) is 0 Å². The summed E-state index contributed by atoms with van der Waals surface area (Å²) in [6.07, 6.45) is 1.22. The molecule has 0 aromatic heterocycles. The van der Waals surface area contributed by atoms with Gasteiger partial charge in [0.05, 0.1) is 10.7 Å². The quantitative estimate of drug-likeness (QED) is 0.842. The van der Waals surface area contributed by atoms with Crippen molar-refractivity contribution in [2.24, 2.45) is 4.40 Å². The van der Waals surface area contributed by atoms with Gasteiger partial charge in [-0.1, -0.05) is 23.7 Å². The van der Waals surface area contributed by atoms with Crippen LogP contribution in [-0.2, 0) is 15.0 Å². The molecule has 0 aliphatic carbocycles. The highest BCUT2D eigenvalue weighted by molar-refractivity contribution is 7.88. The number of nitrogens with zero attached hydrogens (tertiary/aromatic N) is 2. The molecule has 10 heteroatoms. The standard InChI is InChI=1S/C17H12ClF2N3O3S/c1-23-16(17(24)21-12-5-6-14(20)13(18)8-12)9-15(22-27(23,25)26)10-3-2-4-11(19)7-10/h2-9H,1H3,(H,21,24). The highest BCUT2D eigenvalue weighted by Gasteiger charge is 2.30. The molecule has 0 spiro atoms. The molecule has 1 amide bonds. The highest BCUT2D eigenvalue weighted by Crippen LogP contribution is 2.23. The van der Waals surface area contributed by atoms with E-state index in [0.717, 1.165) is 19.2 Å². The number of anilines is 1. The molecule has 2 aromatic rings. The van der Waals surface area contributed by atoms with E-state index in [-0.39, 0.29) is 27.7 Å². The van der Waals surface area contributed by atoms with Crippen LogP contribution in [0.25, 0.3) is 0 Å². The summed E-state index contributed by atoms with van der Waals surface area (Å²) < 4.78 is 55.5. The van der Waals surface area contributed by atoms with Gasteiger partial charge < -0.3 is 5.32 Å². The molecular weight excluding hydrogens is 400 g/mol. The van der Waals surface area contributed by atoms with Crippen LogP contribution < -0.4 is 5.32 Å². The summed E-state index contributed by atoms with van der Waals surface area (Å²) in [5.41, 5.74) is 0.0364. The van der Waals surface area contributed by atoms with Crippen molar-refractivity contribution < 1.29 is 22.0 Å². The maximum absolute atomic E-state index is 13.4. The van der Waals surface area contributed by atoms with Crippen molar-refractivity contribution >= 4 is 39.1 Å². The Morgan fingerprint density at radius 1 is 1.19 bits per heavy atom. The second-order valence-electron chi connectivity index (χ2n) is 5.54. The lowest BCUT2D eigenvalue weighted by molar-refractivity contribution is -0.113. The van der Waals surface area contributed by atoms with E-state index >= 15 is 0 Å². The first kappa shape index (κ1) is 19.0. The minimum Gasteiger partial charge on any atom is -0.321 e. The smallest absolute Gasteiger partial charge is 0.321 e. The Morgan fingerprint density at radius 2 is 1.93 bits per heavy atom. The molecule has 0 radical (unpaired) electrons. The van der Waals surface area contributed by atoms with Crippen LogP contribution >= 0.6 is 11.6 Å². The Labute approximate surface area is 159 Å². The van der Waals surface area contributed by atoms with Crippen molar-refractivity contribution in [1.82, 2.24) is 4.31 Å². The number of carbonyl (C=O) groups is 1. The molecule has 0 atom stereocenters. The summed E-state index contributed by atoms with van der Waals surface area (Å²) in [5, 5.41) is 2.24. The predicted octanol–water partition coefficient (Wildman–Crippen LogP) is 3.12. The van der Waals surface area contributed by atoms with E-state index in [4.69, 9.17) is 11.6 Å². The van der Waals surface area contributed by atoms with Crippen LogP contribution in [0.4, 0.5) is 14.5 Å². The lowest BCUT2D eigenvalue weighted by atomic mass is 10.1. The van der Waals surface area contributed by atoms with Crippen molar-refractivity contribution in [2.75, 3.05) is 12.4 Å². The number of halogens is 3. The number of amides is 1. The van der Waals surface area contributed by atoms with Crippen molar-refractivity contribution in [3.05, 3.63) is 76.5 Å². The summed E-state index contributed by atoms with van der Waals surface area (Å²) >= 11 is 5.67. The van der Waals surface area contributed by atoms with Gasteiger partial charge >= 0.3 is 10.2 Å². The van der Waals surface area contributed by atoms with Gasteiger partial charge in [0.1, 0.15) is 17.3 Å². The minimum atomic E-state index is -4.19. The van der Waals surface area contributed by atoms with Gasteiger partial charge in [-0.05, 0) is 36.4 Å². The summed E-state index contributed by atoms with van der Waals surface area (Å²) in [4.78, 5) is 12.6. The lowest BCUT2D eigenvalue weighted by Crippen LogP contribution is -2.35. The monoisotopic (exact) mass is 411 g/mol. The summed E-state index contributed by atoms with van der Waals surface area (Å²) in [7, 11) is -3.03. The van der Waals surface area contributed by atoms with Crippen LogP contribution in [0.1, 0.15) is 5.56 Å². The van der Waals surface area contributed by atoms with E-state index in [0.29, 0.717) is 4.31 Å². The Balaban J connectivity index is 1.98. The van der Waals surface area contributed by atoms with Crippen molar-refractivity contribution in [3.63, 3.8) is 0 Å². The third kappa shape index (κ3) is 3.99. The molecule has 1 N–H and O–H groups in total. The van der Waals surface area contributed by atoms with Crippen LogP contribution in [0.2, 0.25) is 5.02 Å². The predicted molar refractivity (Wildman–Crippen MR) is 97.7 cm³/mol. The molecule has 2 aromatic carbocycles. The molecule has 1 heterocycles. The largest absolute Gasteiger partial charge is 0.345 e. The zero-order chi connectivity index (χ0) is 19.8. The number of hydrogen-bond donors (Lipinski definition) is 1. The van der Waals surface area contributed by atoms with Gasteiger partial charge in [-0.15, -0.1) is 4.40 Å². The van der Waals surface area contributed by atoms with Gasteiger partial charge in [-0.25, -0.2) is 13.1 Å². The summed E-state index contributed by atoms with van der Waals surface area (Å²) in [5.74, 6) is -2.02. The highest BCUT2D eigenvalue weighted by atomic mass is 35.5. The molecule has 140 valence electrons. The number of rotatable bonds is 3. The van der Waals surface area contributed by atoms with Gasteiger partial charge in [0.2, 0.25) is 0 Å². The SMILES string of the molecule is CN1C(C(=O)Nc2ccc(F)c(Cl)c2)=CC(c2cccc(F)c2)=NS1(=O)=O. The third-order valence-electron chi connectivity index (χ3n) is 3.70. The first-order valence-electron chi connectivity index (χ1n) is 7.50. The van der Waals surface area contributed by atoms with Gasteiger partial charge in [-0.2, -0.15) is 8.42 Å². The Kier molecular flexibility index (Phi) is 4.99. The number of benzene rings is 2. The number of carbonyl (C=O) groups excluding carboxylic acids is 1. The van der Waals surface area contributed by atoms with Crippen LogP contribution in [-0.4, -0.2) is 31.4 Å². The number of nitrogens with one attached hydrogen (secondary N) is 1. The van der Waals surface area contributed by atoms with Gasteiger partial charge in [0.15, 0.2) is 0 Å². The molecule has 0 unspecified atom stereocenters. The molecule has 27 heavy (non-hydrogen) atoms. The maximum Gasteiger partial charge on any atom is 0.345 e. The molecule has 3 rings (SSSR count). The Bertz CT molecular complexity index is 1100. The van der Waals surface area contributed by atoms with E-state index in [1.54, 1.807) is 0 Å². The Hall–Kier alpha value is -2.78. The van der Waals surface area contributed by atoms with E-state index in [9.17, 15) is 22.0 Å². The van der Waals surface area contributed by atoms with E-state index < -0.39 is 27.8 Å². The molecule has 0 bridgehead atoms. The number of likely N-dealkylation sites (N-methyl/N-ethyl adjacent to an activating group) is 1. The van der Waals surface area contributed by atoms with Crippen molar-refractivity contribution in [3.8, 4) is 0 Å². The molecule has 0 saturated heterocycles. The van der Waals surface area contributed by atoms with Crippen molar-refractivity contribution in [2.45, 2.75) is 0 Å². The fraction of sp³-hybridized carbons (Fsp3) is 0.0588. The van der Waals surface area contributed by atoms with Crippen LogP contribution in [0.15, 0.2) is 58.6 Å². The molecule has 0 fully saturated rings. The molecular formula is C17H12ClF2N3O3S.